The molecule has 4 nitrogen and oxygen atoms in total. The third kappa shape index (κ3) is 2.16. The lowest BCUT2D eigenvalue weighted by Crippen LogP contribution is -2.16. The lowest BCUT2D eigenvalue weighted by atomic mass is 9.98. The molecule has 0 aliphatic carbocycles. The molecule has 1 aliphatic rings. The molecule has 3 N–H and O–H groups in total. The number of rotatable bonds is 3. The van der Waals surface area contributed by atoms with E-state index in [2.05, 4.69) is 5.32 Å². The fourth-order valence-corrected chi connectivity index (χ4v) is 2.27. The van der Waals surface area contributed by atoms with Crippen LogP contribution in [0, 0.1) is 0 Å². The quantitative estimate of drug-likeness (QED) is 0.868. The van der Waals surface area contributed by atoms with Gasteiger partial charge in [-0.1, -0.05) is 17.7 Å². The summed E-state index contributed by atoms with van der Waals surface area (Å²) < 4.78 is 5.01. The summed E-state index contributed by atoms with van der Waals surface area (Å²) in [7, 11) is 1.60. The number of ether oxygens (including phenoxy) is 1. The molecule has 0 radical (unpaired) electrons. The zero-order valence-electron chi connectivity index (χ0n) is 9.79. The van der Waals surface area contributed by atoms with Gasteiger partial charge in [0.2, 0.25) is 5.91 Å². The molecular weight excluding hydrogens is 240 g/mol. The second kappa shape index (κ2) is 4.64. The topological polar surface area (TPSA) is 64.3 Å². The molecule has 0 bridgehead atoms. The Morgan fingerprint density at radius 1 is 1.59 bits per heavy atom. The van der Waals surface area contributed by atoms with Crippen molar-refractivity contribution in [3.8, 4) is 0 Å². The first kappa shape index (κ1) is 12.4. The van der Waals surface area contributed by atoms with Crippen LogP contribution in [0.4, 0.5) is 5.69 Å². The molecule has 0 saturated heterocycles. The average Bonchev–Trinajstić information content (AvgIpc) is 2.57. The summed E-state index contributed by atoms with van der Waals surface area (Å²) in [6.07, 6.45) is 0. The number of fused-ring (bicyclic) bond motifs is 1. The first-order valence-electron chi connectivity index (χ1n) is 5.43. The van der Waals surface area contributed by atoms with Crippen LogP contribution in [0.3, 0.4) is 0 Å². The van der Waals surface area contributed by atoms with Gasteiger partial charge in [-0.3, -0.25) is 4.79 Å². The molecule has 1 heterocycles. The lowest BCUT2D eigenvalue weighted by Gasteiger charge is -2.14. The summed E-state index contributed by atoms with van der Waals surface area (Å²) in [5.41, 5.74) is 8.46. The van der Waals surface area contributed by atoms with Crippen LogP contribution in [-0.4, -0.2) is 19.6 Å². The summed E-state index contributed by atoms with van der Waals surface area (Å²) >= 11 is 6.14. The second-order valence-electron chi connectivity index (χ2n) is 4.24. The third-order valence-electron chi connectivity index (χ3n) is 3.03. The van der Waals surface area contributed by atoms with E-state index in [4.69, 9.17) is 22.1 Å². The Labute approximate surface area is 105 Å². The fourth-order valence-electron chi connectivity index (χ4n) is 1.99. The standard InChI is InChI=1S/C12H15ClN2O2/c1-6-8-3-7(10(14)5-17-2)4-9(13)11(8)15-12(6)16/h3-4,6,10H,5,14H2,1-2H3,(H,15,16). The molecule has 1 amide bonds. The predicted molar refractivity (Wildman–Crippen MR) is 67.3 cm³/mol. The number of amides is 1. The van der Waals surface area contributed by atoms with Crippen LogP contribution in [0.25, 0.3) is 0 Å². The number of halogens is 1. The van der Waals surface area contributed by atoms with Gasteiger partial charge < -0.3 is 15.8 Å². The van der Waals surface area contributed by atoms with Crippen molar-refractivity contribution in [2.75, 3.05) is 19.0 Å². The highest BCUT2D eigenvalue weighted by molar-refractivity contribution is 6.34. The average molecular weight is 255 g/mol. The molecule has 2 unspecified atom stereocenters. The molecule has 0 spiro atoms. The van der Waals surface area contributed by atoms with E-state index in [1.54, 1.807) is 13.2 Å². The Kier molecular flexibility index (Phi) is 3.38. The van der Waals surface area contributed by atoms with E-state index in [1.165, 1.54) is 0 Å². The summed E-state index contributed by atoms with van der Waals surface area (Å²) in [5.74, 6) is -0.212. The number of hydrogen-bond donors (Lipinski definition) is 2. The van der Waals surface area contributed by atoms with Crippen molar-refractivity contribution in [3.05, 3.63) is 28.3 Å². The van der Waals surface area contributed by atoms with Crippen molar-refractivity contribution in [1.29, 1.82) is 0 Å². The molecule has 92 valence electrons. The van der Waals surface area contributed by atoms with Crippen molar-refractivity contribution in [1.82, 2.24) is 0 Å². The Bertz CT molecular complexity index is 462. The maximum Gasteiger partial charge on any atom is 0.231 e. The molecule has 1 aromatic rings. The number of anilines is 1. The lowest BCUT2D eigenvalue weighted by molar-refractivity contribution is -0.116. The number of hydrogen-bond acceptors (Lipinski definition) is 3. The van der Waals surface area contributed by atoms with Crippen molar-refractivity contribution in [2.45, 2.75) is 18.9 Å². The van der Waals surface area contributed by atoms with Crippen LogP contribution in [0.1, 0.15) is 30.0 Å². The Morgan fingerprint density at radius 2 is 2.29 bits per heavy atom. The predicted octanol–water partition coefficient (Wildman–Crippen LogP) is 2.04. The van der Waals surface area contributed by atoms with Crippen LogP contribution < -0.4 is 11.1 Å². The Hall–Kier alpha value is -1.10. The van der Waals surface area contributed by atoms with Crippen LogP contribution in [0.2, 0.25) is 5.02 Å². The highest BCUT2D eigenvalue weighted by atomic mass is 35.5. The van der Waals surface area contributed by atoms with E-state index < -0.39 is 0 Å². The monoisotopic (exact) mass is 254 g/mol. The van der Waals surface area contributed by atoms with Gasteiger partial charge in [-0.2, -0.15) is 0 Å². The van der Waals surface area contributed by atoms with E-state index >= 15 is 0 Å². The van der Waals surface area contributed by atoms with E-state index in [0.29, 0.717) is 17.3 Å². The number of carbonyl (C=O) groups is 1. The molecule has 5 heteroatoms. The Morgan fingerprint density at radius 3 is 2.94 bits per heavy atom. The zero-order valence-corrected chi connectivity index (χ0v) is 10.5. The fraction of sp³-hybridized carbons (Fsp3) is 0.417. The summed E-state index contributed by atoms with van der Waals surface area (Å²) in [6.45, 7) is 2.27. The number of carbonyl (C=O) groups excluding carboxylic acids is 1. The summed E-state index contributed by atoms with van der Waals surface area (Å²) in [4.78, 5) is 11.6. The first-order valence-corrected chi connectivity index (χ1v) is 5.81. The van der Waals surface area contributed by atoms with Crippen molar-refractivity contribution in [3.63, 3.8) is 0 Å². The number of nitrogens with one attached hydrogen (secondary N) is 1. The van der Waals surface area contributed by atoms with Gasteiger partial charge in [0, 0.05) is 7.11 Å². The van der Waals surface area contributed by atoms with E-state index in [-0.39, 0.29) is 17.9 Å². The minimum absolute atomic E-state index is 0.0284. The molecule has 1 aliphatic heterocycles. The Balaban J connectivity index is 2.41. The second-order valence-corrected chi connectivity index (χ2v) is 4.65. The van der Waals surface area contributed by atoms with Crippen molar-refractivity contribution in [2.24, 2.45) is 5.73 Å². The van der Waals surface area contributed by atoms with Gasteiger partial charge in [0.25, 0.3) is 0 Å². The molecule has 0 fully saturated rings. The van der Waals surface area contributed by atoms with Crippen LogP contribution >= 0.6 is 11.6 Å². The molecule has 0 aromatic heterocycles. The van der Waals surface area contributed by atoms with Gasteiger partial charge in [0.15, 0.2) is 0 Å². The highest BCUT2D eigenvalue weighted by Gasteiger charge is 2.29. The minimum Gasteiger partial charge on any atom is -0.383 e. The molecule has 2 rings (SSSR count). The number of methoxy groups -OCH3 is 1. The summed E-state index contributed by atoms with van der Waals surface area (Å²) in [6, 6.07) is 3.47. The van der Waals surface area contributed by atoms with Gasteiger partial charge in [0.1, 0.15) is 0 Å². The minimum atomic E-state index is -0.231. The van der Waals surface area contributed by atoms with Gasteiger partial charge in [-0.15, -0.1) is 0 Å². The highest BCUT2D eigenvalue weighted by Crippen LogP contribution is 2.39. The van der Waals surface area contributed by atoms with E-state index in [0.717, 1.165) is 11.1 Å². The molecule has 0 saturated carbocycles. The molecular formula is C12H15ClN2O2. The largest absolute Gasteiger partial charge is 0.383 e. The van der Waals surface area contributed by atoms with Crippen LogP contribution in [-0.2, 0) is 9.53 Å². The smallest absolute Gasteiger partial charge is 0.231 e. The van der Waals surface area contributed by atoms with Gasteiger partial charge >= 0.3 is 0 Å². The maximum absolute atomic E-state index is 11.6. The normalized spacial score (nSPS) is 20.0. The molecule has 1 aromatic carbocycles. The third-order valence-corrected chi connectivity index (χ3v) is 3.32. The van der Waals surface area contributed by atoms with E-state index in [1.807, 2.05) is 13.0 Å². The van der Waals surface area contributed by atoms with Crippen LogP contribution in [0.5, 0.6) is 0 Å². The van der Waals surface area contributed by atoms with Gasteiger partial charge in [-0.05, 0) is 24.1 Å². The van der Waals surface area contributed by atoms with Gasteiger partial charge in [0.05, 0.1) is 29.3 Å². The molecule has 17 heavy (non-hydrogen) atoms. The number of benzene rings is 1. The first-order chi connectivity index (χ1) is 8.04. The van der Waals surface area contributed by atoms with E-state index in [9.17, 15) is 4.79 Å². The molecule has 2 atom stereocenters. The maximum atomic E-state index is 11.6. The number of nitrogens with two attached hydrogens (primary N) is 1. The van der Waals surface area contributed by atoms with Gasteiger partial charge in [-0.25, -0.2) is 0 Å². The van der Waals surface area contributed by atoms with Crippen molar-refractivity contribution < 1.29 is 9.53 Å². The van der Waals surface area contributed by atoms with Crippen molar-refractivity contribution >= 4 is 23.2 Å². The van der Waals surface area contributed by atoms with Crippen LogP contribution in [0.15, 0.2) is 12.1 Å². The summed E-state index contributed by atoms with van der Waals surface area (Å²) in [5, 5.41) is 3.30. The zero-order chi connectivity index (χ0) is 12.6. The SMILES string of the molecule is COCC(N)c1cc(Cl)c2c(c1)C(C)C(=O)N2.